The first-order valence-electron chi connectivity index (χ1n) is 19.0. The molecular weight excluding hydrogens is 869 g/mol. The van der Waals surface area contributed by atoms with Crippen LogP contribution in [0.2, 0.25) is 0 Å². The Morgan fingerprint density at radius 3 is 2.10 bits per heavy atom. The molecule has 22 nitrogen and oxygen atoms in total. The van der Waals surface area contributed by atoms with Crippen molar-refractivity contribution in [2.24, 2.45) is 37.2 Å². The minimum Gasteiger partial charge on any atom is -0.489 e. The van der Waals surface area contributed by atoms with E-state index in [0.717, 1.165) is 22.6 Å². The molecule has 1 fully saturated rings. The average molecular weight is 917 g/mol. The molecule has 4 heterocycles. The standard InChI is InChI=1S/C23H23N9O2.C23H4.H3N9O2.9H2/c1-30(2)20-11-24-17(10-19(20)31-12-18(25-13-31)14-6-7-14)23(33)26-16-5-3-4-15-21(16)34-9-8-32-22(15)27-28-29-32;1-3-5-7-9-11-13-15-17-19-21-23-22-20-18-16-14-12-10-8-6-4-2;1-2-3-4-5-6-7-8-9(10)11;;;;;;;;;/h3-5,10-14H,6-9H2,1-2H3,(H,26,33);1H,2H3;(H2,1,3,5,7)(H,2,4,6,8);9*1H. The van der Waals surface area contributed by atoms with Gasteiger partial charge in [-0.15, -0.1) is 11.5 Å². The molecule has 346 valence electrons. The number of ether oxygens (including phenoxy) is 1. The van der Waals surface area contributed by atoms with Gasteiger partial charge in [-0.1, -0.05) is 17.2 Å². The number of carbonyl (C=O) groups excluding carboxylic acids is 1. The highest BCUT2D eigenvalue weighted by molar-refractivity contribution is 6.05. The summed E-state index contributed by atoms with van der Waals surface area (Å²) in [5.41, 5.74) is 5.71. The van der Waals surface area contributed by atoms with Crippen molar-refractivity contribution in [1.29, 1.82) is 0 Å². The molecule has 1 aliphatic heterocycles. The predicted octanol–water partition coefficient (Wildman–Crippen LogP) is 5.14. The lowest BCUT2D eigenvalue weighted by atomic mass is 10.1. The number of carbonyl (C=O) groups is 1. The number of nitrogens with zero attached hydrogens (tertiary/aromatic N) is 15. The molecule has 1 aliphatic carbocycles. The molecule has 1 saturated carbocycles. The molecule has 22 heteroatoms. The van der Waals surface area contributed by atoms with E-state index in [2.05, 4.69) is 192 Å². The minimum atomic E-state index is -0.927. The van der Waals surface area contributed by atoms with E-state index < -0.39 is 5.03 Å². The van der Waals surface area contributed by atoms with Gasteiger partial charge in [-0.05, 0) is 148 Å². The fourth-order valence-corrected chi connectivity index (χ4v) is 4.87. The number of para-hydroxylation sites is 1. The SMILES string of the molecule is C#CC#CC#CC#CC#CC#CC#CC#CC#CC#CC#CC.CN(C)c1cnc(C(=O)Nc2cccc3c2OCCn2nnnc2-3)cc1-n1cnc(C2CC2)c1.NN=NN=NN=NN[N+](=O)[O-].[HH].[HH].[HH].[HH].[HH].[HH].[HH].[HH].[HH]. The lowest BCUT2D eigenvalue weighted by Crippen LogP contribution is -2.18. The maximum Gasteiger partial charge on any atom is 0.274 e. The molecule has 0 unspecified atom stereocenters. The summed E-state index contributed by atoms with van der Waals surface area (Å²) in [4.78, 5) is 33.7. The zero-order valence-electron chi connectivity index (χ0n) is 35.9. The van der Waals surface area contributed by atoms with Gasteiger partial charge in [0.05, 0.1) is 52.4 Å². The van der Waals surface area contributed by atoms with Gasteiger partial charge in [0.15, 0.2) is 16.8 Å². The molecule has 0 spiro atoms. The van der Waals surface area contributed by atoms with Gasteiger partial charge in [0.2, 0.25) is 0 Å². The van der Waals surface area contributed by atoms with Crippen LogP contribution in [0.5, 0.6) is 5.75 Å². The topological polar surface area (TPSA) is 271 Å². The summed E-state index contributed by atoms with van der Waals surface area (Å²) >= 11 is 0. The third kappa shape index (κ3) is 17.2. The van der Waals surface area contributed by atoms with Crippen molar-refractivity contribution in [3.05, 3.63) is 64.5 Å². The van der Waals surface area contributed by atoms with Gasteiger partial charge in [-0.25, -0.2) is 14.6 Å². The van der Waals surface area contributed by atoms with Gasteiger partial charge in [-0.2, -0.15) is 0 Å². The van der Waals surface area contributed by atoms with E-state index in [1.807, 2.05) is 41.9 Å². The van der Waals surface area contributed by atoms with Crippen LogP contribution < -0.4 is 26.3 Å². The van der Waals surface area contributed by atoms with Gasteiger partial charge in [-0.3, -0.25) is 4.79 Å². The Balaban J connectivity index is -0.000000260. The second-order valence-corrected chi connectivity index (χ2v) is 12.3. The number of imidazole rings is 1. The predicted molar refractivity (Wildman–Crippen MR) is 265 cm³/mol. The van der Waals surface area contributed by atoms with Crippen molar-refractivity contribution in [1.82, 2.24) is 40.3 Å². The summed E-state index contributed by atoms with van der Waals surface area (Å²) in [5, 5.41) is 40.0. The number of hydrogen-bond donors (Lipinski definition) is 3. The van der Waals surface area contributed by atoms with E-state index in [-0.39, 0.29) is 18.7 Å². The van der Waals surface area contributed by atoms with Gasteiger partial charge in [0, 0.05) is 78.7 Å². The van der Waals surface area contributed by atoms with Crippen molar-refractivity contribution in [2.75, 3.05) is 30.9 Å². The molecule has 0 radical (unpaired) electrons. The van der Waals surface area contributed by atoms with Gasteiger partial charge >= 0.3 is 0 Å². The maximum absolute atomic E-state index is 13.3. The van der Waals surface area contributed by atoms with Crippen LogP contribution >= 0.6 is 0 Å². The summed E-state index contributed by atoms with van der Waals surface area (Å²) < 4.78 is 9.59. The van der Waals surface area contributed by atoms with Crippen LogP contribution in [0.4, 0.5) is 11.4 Å². The number of tetrazole rings is 1. The van der Waals surface area contributed by atoms with Gasteiger partial charge < -0.3 is 35.5 Å². The number of anilines is 2. The first-order valence-corrected chi connectivity index (χ1v) is 19.0. The molecule has 0 bridgehead atoms. The zero-order valence-corrected chi connectivity index (χ0v) is 35.9. The molecule has 6 rings (SSSR count). The van der Waals surface area contributed by atoms with Crippen LogP contribution in [0.25, 0.3) is 17.1 Å². The first kappa shape index (κ1) is 49.3. The van der Waals surface area contributed by atoms with Crippen LogP contribution in [0.1, 0.15) is 54.7 Å². The number of fused-ring (bicyclic) bond motifs is 3. The number of rotatable bonds is 9. The van der Waals surface area contributed by atoms with Crippen molar-refractivity contribution < 1.29 is 27.4 Å². The van der Waals surface area contributed by atoms with E-state index in [0.29, 0.717) is 42.0 Å². The molecule has 0 saturated heterocycles. The van der Waals surface area contributed by atoms with Crippen molar-refractivity contribution in [3.8, 4) is 154 Å². The Morgan fingerprint density at radius 2 is 1.53 bits per heavy atom. The van der Waals surface area contributed by atoms with E-state index in [1.54, 1.807) is 36.3 Å². The van der Waals surface area contributed by atoms with Gasteiger partial charge in [0.1, 0.15) is 17.5 Å². The number of terminal acetylenes is 1. The fraction of sp³-hybridized carbons (Fsp3) is 0.174. The van der Waals surface area contributed by atoms with E-state index >= 15 is 0 Å². The summed E-state index contributed by atoms with van der Waals surface area (Å²) in [5.74, 6) is 57.7. The molecule has 2 aliphatic rings. The fourth-order valence-electron chi connectivity index (χ4n) is 4.87. The quantitative estimate of drug-likeness (QED) is 0.0648. The normalized spacial score (nSPS) is 10.4. The summed E-state index contributed by atoms with van der Waals surface area (Å²) in [6.45, 7) is 2.61. The lowest BCUT2D eigenvalue weighted by molar-refractivity contribution is -0.546. The Morgan fingerprint density at radius 1 is 0.912 bits per heavy atom. The Hall–Kier alpha value is -11.3. The number of amides is 1. The average Bonchev–Trinajstić information content (AvgIpc) is 3.94. The third-order valence-electron chi connectivity index (χ3n) is 7.70. The Bertz CT molecular complexity index is 3370. The number of aromatic nitrogens is 7. The van der Waals surface area contributed by atoms with E-state index in [1.165, 1.54) is 18.4 Å². The third-order valence-corrected chi connectivity index (χ3v) is 7.70. The molecule has 4 aromatic rings. The highest BCUT2D eigenvalue weighted by Crippen LogP contribution is 2.40. The molecular formula is C46H48N18O4. The number of nitrogens with one attached hydrogen (secondary N) is 2. The number of nitrogens with two attached hydrogens (primary N) is 1. The minimum absolute atomic E-state index is 0. The van der Waals surface area contributed by atoms with Crippen LogP contribution in [0, 0.1) is 141 Å². The number of benzene rings is 1. The number of hydrazine groups is 1. The maximum atomic E-state index is 13.3. The Kier molecular flexibility index (Phi) is 20.5. The number of pyridine rings is 1. The van der Waals surface area contributed by atoms with E-state index in [9.17, 15) is 14.9 Å². The summed E-state index contributed by atoms with van der Waals surface area (Å²) in [6.07, 6.45) is 12.8. The monoisotopic (exact) mass is 916 g/mol. The smallest absolute Gasteiger partial charge is 0.274 e. The van der Waals surface area contributed by atoms with Crippen LogP contribution in [-0.4, -0.2) is 66.4 Å². The van der Waals surface area contributed by atoms with Crippen LogP contribution in [0.3, 0.4) is 0 Å². The first-order chi connectivity index (χ1) is 33.3. The largest absolute Gasteiger partial charge is 0.489 e. The molecule has 68 heavy (non-hydrogen) atoms. The van der Waals surface area contributed by atoms with Crippen LogP contribution in [0.15, 0.2) is 74.3 Å². The van der Waals surface area contributed by atoms with Crippen molar-refractivity contribution >= 4 is 17.3 Å². The molecule has 1 aromatic carbocycles. The van der Waals surface area contributed by atoms with Crippen LogP contribution in [-0.2, 0) is 6.54 Å². The summed E-state index contributed by atoms with van der Waals surface area (Å²) in [7, 11) is 3.90. The molecule has 1 amide bonds. The highest BCUT2D eigenvalue weighted by Gasteiger charge is 2.27. The Labute approximate surface area is 402 Å². The molecule has 3 aromatic heterocycles. The summed E-state index contributed by atoms with van der Waals surface area (Å²) in [6, 6.07) is 7.29. The van der Waals surface area contributed by atoms with Crippen molar-refractivity contribution in [2.45, 2.75) is 32.2 Å². The highest BCUT2D eigenvalue weighted by atomic mass is 16.7. The zero-order chi connectivity index (χ0) is 48.6. The van der Waals surface area contributed by atoms with E-state index in [4.69, 9.17) is 11.2 Å². The number of hydrogen-bond acceptors (Lipinski definition) is 12. The molecule has 4 N–H and O–H groups in total. The van der Waals surface area contributed by atoms with Crippen molar-refractivity contribution in [3.63, 3.8) is 0 Å². The lowest BCUT2D eigenvalue weighted by Gasteiger charge is -2.18. The molecule has 0 atom stereocenters. The second kappa shape index (κ2) is 28.3. The van der Waals surface area contributed by atoms with Gasteiger partial charge in [0.25, 0.3) is 5.91 Å². The number of nitro groups is 1. The second-order valence-electron chi connectivity index (χ2n) is 12.3.